The minimum Gasteiger partial charge on any atom is -0.495 e. The molecule has 18 heavy (non-hydrogen) atoms. The van der Waals surface area contributed by atoms with Crippen molar-refractivity contribution in [3.8, 4) is 5.75 Å². The van der Waals surface area contributed by atoms with Crippen molar-refractivity contribution < 1.29 is 4.74 Å². The molecule has 1 aromatic carbocycles. The largest absolute Gasteiger partial charge is 0.495 e. The zero-order valence-electron chi connectivity index (χ0n) is 11.1. The Morgan fingerprint density at radius 2 is 1.78 bits per heavy atom. The van der Waals surface area contributed by atoms with Crippen molar-refractivity contribution in [2.45, 2.75) is 25.7 Å². The number of hydrogen-bond acceptors (Lipinski definition) is 3. The Morgan fingerprint density at radius 1 is 1.17 bits per heavy atom. The molecular formula is C15H22N2O. The molecule has 2 aliphatic rings. The molecule has 2 fully saturated rings. The molecule has 0 aromatic heterocycles. The summed E-state index contributed by atoms with van der Waals surface area (Å²) < 4.78 is 5.33. The van der Waals surface area contributed by atoms with Gasteiger partial charge in [0.25, 0.3) is 0 Å². The van der Waals surface area contributed by atoms with Crippen molar-refractivity contribution in [3.05, 3.63) is 18.2 Å². The Balaban J connectivity index is 1.82. The third-order valence-corrected chi connectivity index (χ3v) is 3.95. The second-order valence-corrected chi connectivity index (χ2v) is 5.68. The number of rotatable bonds is 6. The van der Waals surface area contributed by atoms with Crippen molar-refractivity contribution in [3.63, 3.8) is 0 Å². The normalized spacial score (nSPS) is 18.7. The summed E-state index contributed by atoms with van der Waals surface area (Å²) in [4.78, 5) is 2.48. The van der Waals surface area contributed by atoms with Gasteiger partial charge in [0, 0.05) is 13.1 Å². The molecule has 0 bridgehead atoms. The van der Waals surface area contributed by atoms with Crippen LogP contribution in [0, 0.1) is 11.8 Å². The first-order chi connectivity index (χ1) is 8.78. The molecule has 3 heteroatoms. The summed E-state index contributed by atoms with van der Waals surface area (Å²) >= 11 is 0. The van der Waals surface area contributed by atoms with Crippen LogP contribution in [0.1, 0.15) is 25.7 Å². The summed E-state index contributed by atoms with van der Waals surface area (Å²) in [6, 6.07) is 6.10. The van der Waals surface area contributed by atoms with E-state index in [9.17, 15) is 0 Å². The smallest absolute Gasteiger partial charge is 0.143 e. The first-order valence-corrected chi connectivity index (χ1v) is 6.95. The summed E-state index contributed by atoms with van der Waals surface area (Å²) in [5, 5.41) is 0. The molecule has 2 aliphatic carbocycles. The van der Waals surface area contributed by atoms with E-state index >= 15 is 0 Å². The van der Waals surface area contributed by atoms with Gasteiger partial charge in [-0.1, -0.05) is 6.07 Å². The maximum absolute atomic E-state index is 6.22. The molecule has 0 radical (unpaired) electrons. The van der Waals surface area contributed by atoms with Gasteiger partial charge in [-0.25, -0.2) is 0 Å². The van der Waals surface area contributed by atoms with Gasteiger partial charge in [-0.05, 0) is 49.7 Å². The molecule has 0 amide bonds. The summed E-state index contributed by atoms with van der Waals surface area (Å²) in [5.41, 5.74) is 8.17. The molecular weight excluding hydrogens is 224 g/mol. The van der Waals surface area contributed by atoms with Crippen LogP contribution in [0.3, 0.4) is 0 Å². The van der Waals surface area contributed by atoms with Gasteiger partial charge in [-0.15, -0.1) is 0 Å². The molecule has 0 heterocycles. The third-order valence-electron chi connectivity index (χ3n) is 3.95. The lowest BCUT2D eigenvalue weighted by Gasteiger charge is -2.27. The topological polar surface area (TPSA) is 38.5 Å². The Kier molecular flexibility index (Phi) is 3.06. The number of ether oxygens (including phenoxy) is 1. The summed E-state index contributed by atoms with van der Waals surface area (Å²) in [6.07, 6.45) is 5.52. The molecule has 0 atom stereocenters. The summed E-state index contributed by atoms with van der Waals surface area (Å²) in [6.45, 7) is 2.32. The highest BCUT2D eigenvalue weighted by atomic mass is 16.5. The molecule has 3 rings (SSSR count). The van der Waals surface area contributed by atoms with Crippen LogP contribution in [0.5, 0.6) is 5.75 Å². The zero-order chi connectivity index (χ0) is 12.5. The third kappa shape index (κ3) is 2.55. The fourth-order valence-electron chi connectivity index (χ4n) is 2.48. The van der Waals surface area contributed by atoms with E-state index in [0.29, 0.717) is 0 Å². The molecule has 2 saturated carbocycles. The maximum Gasteiger partial charge on any atom is 0.143 e. The average molecular weight is 246 g/mol. The van der Waals surface area contributed by atoms with Crippen molar-refractivity contribution in [1.29, 1.82) is 0 Å². The number of nitrogens with zero attached hydrogens (tertiary/aromatic N) is 1. The average Bonchev–Trinajstić information content (AvgIpc) is 3.24. The van der Waals surface area contributed by atoms with Gasteiger partial charge in [0.15, 0.2) is 0 Å². The van der Waals surface area contributed by atoms with Crippen LogP contribution in [0.4, 0.5) is 11.4 Å². The van der Waals surface area contributed by atoms with Crippen LogP contribution >= 0.6 is 0 Å². The number of nitrogens with two attached hydrogens (primary N) is 1. The molecule has 98 valence electrons. The number of anilines is 2. The SMILES string of the molecule is COc1cccc(N(CC2CC2)CC2CC2)c1N. The molecule has 1 aromatic rings. The molecule has 0 aliphatic heterocycles. The van der Waals surface area contributed by atoms with Gasteiger partial charge in [0.05, 0.1) is 18.5 Å². The number of hydrogen-bond donors (Lipinski definition) is 1. The zero-order valence-corrected chi connectivity index (χ0v) is 11.1. The Bertz CT molecular complexity index is 411. The van der Waals surface area contributed by atoms with Gasteiger partial charge in [-0.3, -0.25) is 0 Å². The van der Waals surface area contributed by atoms with E-state index in [1.54, 1.807) is 7.11 Å². The first-order valence-electron chi connectivity index (χ1n) is 6.95. The first kappa shape index (κ1) is 11.7. The van der Waals surface area contributed by atoms with Crippen LogP contribution in [0.25, 0.3) is 0 Å². The highest BCUT2D eigenvalue weighted by Crippen LogP contribution is 2.39. The highest BCUT2D eigenvalue weighted by Gasteiger charge is 2.30. The van der Waals surface area contributed by atoms with Crippen LogP contribution in [-0.4, -0.2) is 20.2 Å². The second kappa shape index (κ2) is 4.71. The lowest BCUT2D eigenvalue weighted by molar-refractivity contribution is 0.417. The molecule has 0 spiro atoms. The van der Waals surface area contributed by atoms with Gasteiger partial charge in [-0.2, -0.15) is 0 Å². The fraction of sp³-hybridized carbons (Fsp3) is 0.600. The van der Waals surface area contributed by atoms with Crippen LogP contribution in [0.2, 0.25) is 0 Å². The fourth-order valence-corrected chi connectivity index (χ4v) is 2.48. The van der Waals surface area contributed by atoms with E-state index in [1.165, 1.54) is 25.7 Å². The number of methoxy groups -OCH3 is 1. The van der Waals surface area contributed by atoms with Crippen molar-refractivity contribution in [2.75, 3.05) is 30.8 Å². The minimum absolute atomic E-state index is 0.793. The van der Waals surface area contributed by atoms with Crippen molar-refractivity contribution in [2.24, 2.45) is 11.8 Å². The molecule has 0 saturated heterocycles. The minimum atomic E-state index is 0.793. The summed E-state index contributed by atoms with van der Waals surface area (Å²) in [5.74, 6) is 2.56. The van der Waals surface area contributed by atoms with Crippen LogP contribution < -0.4 is 15.4 Å². The Morgan fingerprint density at radius 3 is 2.28 bits per heavy atom. The van der Waals surface area contributed by atoms with Gasteiger partial charge in [0.1, 0.15) is 5.75 Å². The lowest BCUT2D eigenvalue weighted by atomic mass is 10.2. The maximum atomic E-state index is 6.22. The van der Waals surface area contributed by atoms with Gasteiger partial charge in [0.2, 0.25) is 0 Å². The monoisotopic (exact) mass is 246 g/mol. The number of benzene rings is 1. The summed E-state index contributed by atoms with van der Waals surface area (Å²) in [7, 11) is 1.68. The van der Waals surface area contributed by atoms with E-state index in [1.807, 2.05) is 12.1 Å². The second-order valence-electron chi connectivity index (χ2n) is 5.68. The van der Waals surface area contributed by atoms with Crippen molar-refractivity contribution >= 4 is 11.4 Å². The highest BCUT2D eigenvalue weighted by molar-refractivity contribution is 5.74. The van der Waals surface area contributed by atoms with E-state index in [4.69, 9.17) is 10.5 Å². The van der Waals surface area contributed by atoms with Crippen molar-refractivity contribution in [1.82, 2.24) is 0 Å². The van der Waals surface area contributed by atoms with E-state index in [0.717, 1.165) is 42.0 Å². The predicted octanol–water partition coefficient (Wildman–Crippen LogP) is 2.90. The van der Waals surface area contributed by atoms with E-state index in [2.05, 4.69) is 11.0 Å². The number of nitrogen functional groups attached to an aromatic ring is 1. The Labute approximate surface area is 109 Å². The van der Waals surface area contributed by atoms with Gasteiger partial charge < -0.3 is 15.4 Å². The molecule has 0 unspecified atom stereocenters. The standard InChI is InChI=1S/C15H22N2O/c1-18-14-4-2-3-13(15(14)16)17(9-11-5-6-11)10-12-7-8-12/h2-4,11-12H,5-10,16H2,1H3. The predicted molar refractivity (Wildman–Crippen MR) is 75.1 cm³/mol. The Hall–Kier alpha value is -1.38. The van der Waals surface area contributed by atoms with E-state index in [-0.39, 0.29) is 0 Å². The number of para-hydroxylation sites is 1. The van der Waals surface area contributed by atoms with Crippen LogP contribution in [0.15, 0.2) is 18.2 Å². The quantitative estimate of drug-likeness (QED) is 0.784. The van der Waals surface area contributed by atoms with Gasteiger partial charge >= 0.3 is 0 Å². The molecule has 3 nitrogen and oxygen atoms in total. The molecule has 2 N–H and O–H groups in total. The van der Waals surface area contributed by atoms with E-state index < -0.39 is 0 Å². The van der Waals surface area contributed by atoms with Crippen LogP contribution in [-0.2, 0) is 0 Å². The lowest BCUT2D eigenvalue weighted by Crippen LogP contribution is -2.28.